The van der Waals surface area contributed by atoms with E-state index in [1.165, 1.54) is 17.7 Å². The van der Waals surface area contributed by atoms with Gasteiger partial charge in [0, 0.05) is 19.1 Å². The zero-order valence-electron chi connectivity index (χ0n) is 11.5. The van der Waals surface area contributed by atoms with Gasteiger partial charge in [0.15, 0.2) is 5.65 Å². The molecule has 0 aliphatic carbocycles. The van der Waals surface area contributed by atoms with Crippen molar-refractivity contribution in [2.24, 2.45) is 0 Å². The van der Waals surface area contributed by atoms with Crippen molar-refractivity contribution in [2.75, 3.05) is 6.54 Å². The minimum atomic E-state index is -0.183. The molecule has 0 bridgehead atoms. The summed E-state index contributed by atoms with van der Waals surface area (Å²) < 4.78 is 14.9. The van der Waals surface area contributed by atoms with Crippen LogP contribution in [0.15, 0.2) is 48.8 Å². The maximum absolute atomic E-state index is 13.0. The third-order valence-electron chi connectivity index (χ3n) is 4.13. The maximum Gasteiger partial charge on any atom is 0.155 e. The van der Waals surface area contributed by atoms with Crippen LogP contribution < -0.4 is 0 Å². The Hall–Kier alpha value is -2.27. The van der Waals surface area contributed by atoms with Crippen LogP contribution in [0.4, 0.5) is 4.39 Å². The second-order valence-electron chi connectivity index (χ2n) is 5.37. The van der Waals surface area contributed by atoms with Crippen molar-refractivity contribution in [1.82, 2.24) is 19.5 Å². The van der Waals surface area contributed by atoms with Crippen LogP contribution in [0.25, 0.3) is 5.65 Å². The third-order valence-corrected chi connectivity index (χ3v) is 4.13. The highest BCUT2D eigenvalue weighted by Gasteiger charge is 2.29. The molecule has 1 aliphatic rings. The molecule has 1 atom stereocenters. The Bertz CT molecular complexity index is 765. The molecule has 5 heteroatoms. The quantitative estimate of drug-likeness (QED) is 0.740. The number of hydrogen-bond acceptors (Lipinski definition) is 3. The molecule has 0 spiro atoms. The van der Waals surface area contributed by atoms with Crippen molar-refractivity contribution < 1.29 is 4.39 Å². The highest BCUT2D eigenvalue weighted by atomic mass is 19.1. The molecule has 0 amide bonds. The average Bonchev–Trinajstić information content (AvgIpc) is 2.95. The lowest BCUT2D eigenvalue weighted by atomic mass is 9.94. The van der Waals surface area contributed by atoms with E-state index in [1.807, 2.05) is 28.8 Å². The Labute approximate surface area is 121 Å². The van der Waals surface area contributed by atoms with Crippen LogP contribution in [0.1, 0.15) is 23.7 Å². The lowest BCUT2D eigenvalue weighted by Gasteiger charge is -2.41. The molecule has 0 saturated carbocycles. The average molecular weight is 282 g/mol. The predicted molar refractivity (Wildman–Crippen MR) is 77.2 cm³/mol. The topological polar surface area (TPSA) is 33.4 Å². The van der Waals surface area contributed by atoms with Crippen LogP contribution in [0, 0.1) is 5.82 Å². The van der Waals surface area contributed by atoms with Gasteiger partial charge in [-0.05, 0) is 36.2 Å². The van der Waals surface area contributed by atoms with Gasteiger partial charge in [0.1, 0.15) is 12.1 Å². The van der Waals surface area contributed by atoms with Crippen LogP contribution in [0.3, 0.4) is 0 Å². The van der Waals surface area contributed by atoms with Gasteiger partial charge in [-0.3, -0.25) is 4.90 Å². The number of hydrogen-bond donors (Lipinski definition) is 0. The van der Waals surface area contributed by atoms with E-state index in [2.05, 4.69) is 21.0 Å². The summed E-state index contributed by atoms with van der Waals surface area (Å²) >= 11 is 0. The molecule has 1 unspecified atom stereocenters. The number of nitrogens with zero attached hydrogens (tertiary/aromatic N) is 4. The smallest absolute Gasteiger partial charge is 0.155 e. The lowest BCUT2D eigenvalue weighted by Crippen LogP contribution is -2.40. The van der Waals surface area contributed by atoms with Crippen LogP contribution in [0.2, 0.25) is 0 Å². The molecule has 106 valence electrons. The summed E-state index contributed by atoms with van der Waals surface area (Å²) in [7, 11) is 0. The van der Waals surface area contributed by atoms with E-state index in [4.69, 9.17) is 0 Å². The minimum absolute atomic E-state index is 0.183. The van der Waals surface area contributed by atoms with Crippen molar-refractivity contribution in [3.63, 3.8) is 0 Å². The number of likely N-dealkylation sites (tertiary alicyclic amines) is 1. The van der Waals surface area contributed by atoms with Crippen molar-refractivity contribution in [3.8, 4) is 0 Å². The molecule has 0 N–H and O–H groups in total. The highest BCUT2D eigenvalue weighted by molar-refractivity contribution is 5.37. The molecule has 3 heterocycles. The molecule has 1 aromatic carbocycles. The fourth-order valence-corrected chi connectivity index (χ4v) is 2.92. The molecule has 1 fully saturated rings. The molecular weight excluding hydrogens is 267 g/mol. The fraction of sp³-hybridized carbons (Fsp3) is 0.250. The van der Waals surface area contributed by atoms with E-state index in [-0.39, 0.29) is 5.82 Å². The summed E-state index contributed by atoms with van der Waals surface area (Å²) in [5.74, 6) is -0.183. The SMILES string of the molecule is Fc1ccc(C2CCN2Cc2cccc3ncnn23)cc1. The van der Waals surface area contributed by atoms with E-state index >= 15 is 0 Å². The minimum Gasteiger partial charge on any atom is -0.290 e. The largest absolute Gasteiger partial charge is 0.290 e. The number of aromatic nitrogens is 3. The summed E-state index contributed by atoms with van der Waals surface area (Å²) in [5, 5.41) is 4.27. The van der Waals surface area contributed by atoms with Gasteiger partial charge in [0.2, 0.25) is 0 Å². The van der Waals surface area contributed by atoms with Crippen LogP contribution in [0.5, 0.6) is 0 Å². The third kappa shape index (κ3) is 2.19. The second kappa shape index (κ2) is 4.93. The van der Waals surface area contributed by atoms with E-state index < -0.39 is 0 Å². The zero-order chi connectivity index (χ0) is 14.2. The van der Waals surface area contributed by atoms with Gasteiger partial charge in [-0.15, -0.1) is 0 Å². The number of pyridine rings is 1. The molecule has 21 heavy (non-hydrogen) atoms. The van der Waals surface area contributed by atoms with Crippen molar-refractivity contribution >= 4 is 5.65 Å². The monoisotopic (exact) mass is 282 g/mol. The van der Waals surface area contributed by atoms with E-state index in [0.717, 1.165) is 30.9 Å². The summed E-state index contributed by atoms with van der Waals surface area (Å²) in [6, 6.07) is 13.2. The molecule has 3 aromatic rings. The first kappa shape index (κ1) is 12.5. The van der Waals surface area contributed by atoms with Gasteiger partial charge in [0.05, 0.1) is 5.69 Å². The van der Waals surface area contributed by atoms with Crippen molar-refractivity contribution in [2.45, 2.75) is 19.0 Å². The number of benzene rings is 1. The van der Waals surface area contributed by atoms with Crippen LogP contribution in [-0.2, 0) is 6.54 Å². The number of fused-ring (bicyclic) bond motifs is 1. The highest BCUT2D eigenvalue weighted by Crippen LogP contribution is 2.34. The Morgan fingerprint density at radius 2 is 2.00 bits per heavy atom. The van der Waals surface area contributed by atoms with Crippen LogP contribution >= 0.6 is 0 Å². The van der Waals surface area contributed by atoms with Gasteiger partial charge in [-0.1, -0.05) is 18.2 Å². The van der Waals surface area contributed by atoms with Crippen molar-refractivity contribution in [1.29, 1.82) is 0 Å². The van der Waals surface area contributed by atoms with E-state index in [1.54, 1.807) is 6.33 Å². The molecular formula is C16H15FN4. The second-order valence-corrected chi connectivity index (χ2v) is 5.37. The first-order valence-electron chi connectivity index (χ1n) is 7.08. The molecule has 1 saturated heterocycles. The summed E-state index contributed by atoms with van der Waals surface area (Å²) in [4.78, 5) is 6.59. The molecule has 4 rings (SSSR count). The fourth-order valence-electron chi connectivity index (χ4n) is 2.92. The van der Waals surface area contributed by atoms with Gasteiger partial charge in [-0.2, -0.15) is 5.10 Å². The first-order chi connectivity index (χ1) is 10.3. The van der Waals surface area contributed by atoms with Crippen LogP contribution in [-0.4, -0.2) is 26.0 Å². The Morgan fingerprint density at radius 3 is 2.76 bits per heavy atom. The molecule has 4 nitrogen and oxygen atoms in total. The van der Waals surface area contributed by atoms with Gasteiger partial charge in [0.25, 0.3) is 0 Å². The Kier molecular flexibility index (Phi) is 2.93. The van der Waals surface area contributed by atoms with Gasteiger partial charge in [-0.25, -0.2) is 13.9 Å². The molecule has 0 radical (unpaired) electrons. The Balaban J connectivity index is 1.57. The first-order valence-corrected chi connectivity index (χ1v) is 7.08. The Morgan fingerprint density at radius 1 is 1.14 bits per heavy atom. The predicted octanol–water partition coefficient (Wildman–Crippen LogP) is 2.82. The molecule has 1 aliphatic heterocycles. The van der Waals surface area contributed by atoms with E-state index in [0.29, 0.717) is 6.04 Å². The van der Waals surface area contributed by atoms with Gasteiger partial charge >= 0.3 is 0 Å². The number of rotatable bonds is 3. The normalized spacial score (nSPS) is 18.8. The van der Waals surface area contributed by atoms with Crippen molar-refractivity contribution in [3.05, 3.63) is 65.9 Å². The standard InChI is InChI=1S/C16H15FN4/c17-13-6-4-12(5-7-13)15-8-9-20(15)10-14-2-1-3-16-18-11-19-21(14)16/h1-7,11,15H,8-10H2. The van der Waals surface area contributed by atoms with E-state index in [9.17, 15) is 4.39 Å². The molecule has 2 aromatic heterocycles. The number of halogens is 1. The lowest BCUT2D eigenvalue weighted by molar-refractivity contribution is 0.0796. The summed E-state index contributed by atoms with van der Waals surface area (Å²) in [6.07, 6.45) is 2.69. The van der Waals surface area contributed by atoms with Gasteiger partial charge < -0.3 is 0 Å². The maximum atomic E-state index is 13.0. The summed E-state index contributed by atoms with van der Waals surface area (Å²) in [6.45, 7) is 1.87. The summed E-state index contributed by atoms with van der Waals surface area (Å²) in [5.41, 5.74) is 3.16. The zero-order valence-corrected chi connectivity index (χ0v) is 11.5.